The molecular formula is C13H18N2O5S. The van der Waals surface area contributed by atoms with E-state index in [9.17, 15) is 18.0 Å². The predicted molar refractivity (Wildman–Crippen MR) is 77.0 cm³/mol. The number of carbonyl (C=O) groups is 1. The van der Waals surface area contributed by atoms with Crippen molar-refractivity contribution in [3.63, 3.8) is 0 Å². The maximum Gasteiger partial charge on any atom is 0.254 e. The number of ether oxygens (including phenoxy) is 1. The molecule has 1 saturated heterocycles. The number of hydrogen-bond donors (Lipinski definition) is 1. The molecule has 0 spiro atoms. The first-order valence-corrected chi connectivity index (χ1v) is 8.44. The molecule has 1 fully saturated rings. The van der Waals surface area contributed by atoms with Crippen molar-refractivity contribution in [3.8, 4) is 0 Å². The number of hydrogen-bond acceptors (Lipinski definition) is 5. The Morgan fingerprint density at radius 2 is 2.29 bits per heavy atom. The van der Waals surface area contributed by atoms with E-state index in [2.05, 4.69) is 4.98 Å². The van der Waals surface area contributed by atoms with Gasteiger partial charge in [0.25, 0.3) is 5.91 Å². The van der Waals surface area contributed by atoms with Gasteiger partial charge >= 0.3 is 0 Å². The fraction of sp³-hybridized carbons (Fsp3) is 0.538. The molecule has 8 heteroatoms. The molecule has 1 amide bonds. The van der Waals surface area contributed by atoms with Gasteiger partial charge in [0.15, 0.2) is 9.84 Å². The summed E-state index contributed by atoms with van der Waals surface area (Å²) in [5.41, 5.74) is -0.120. The average molecular weight is 314 g/mol. The third-order valence-corrected chi connectivity index (χ3v) is 5.22. The standard InChI is InChI=1S/C13H18N2O5S/c1-20-6-5-15(11-3-7-21(18,19)9-11)13(17)10-2-4-14-12(16)8-10/h2,4,8,11H,3,5-7,9H2,1H3,(H,14,16). The molecule has 0 aromatic carbocycles. The van der Waals surface area contributed by atoms with Crippen LogP contribution in [0, 0.1) is 0 Å². The molecule has 0 bridgehead atoms. The number of rotatable bonds is 5. The highest BCUT2D eigenvalue weighted by Gasteiger charge is 2.34. The molecule has 0 saturated carbocycles. The van der Waals surface area contributed by atoms with E-state index in [0.717, 1.165) is 0 Å². The normalized spacial score (nSPS) is 20.3. The highest BCUT2D eigenvalue weighted by molar-refractivity contribution is 7.91. The average Bonchev–Trinajstić information content (AvgIpc) is 2.79. The number of carbonyl (C=O) groups excluding carboxylic acids is 1. The second-order valence-corrected chi connectivity index (χ2v) is 7.22. The van der Waals surface area contributed by atoms with E-state index in [0.29, 0.717) is 19.6 Å². The van der Waals surface area contributed by atoms with Gasteiger partial charge in [0.1, 0.15) is 0 Å². The number of pyridine rings is 1. The molecule has 1 aromatic rings. The first-order chi connectivity index (χ1) is 9.93. The monoisotopic (exact) mass is 314 g/mol. The number of methoxy groups -OCH3 is 1. The summed E-state index contributed by atoms with van der Waals surface area (Å²) in [5, 5.41) is 0. The largest absolute Gasteiger partial charge is 0.383 e. The molecule has 1 unspecified atom stereocenters. The van der Waals surface area contributed by atoms with Crippen LogP contribution in [0.25, 0.3) is 0 Å². The molecule has 1 N–H and O–H groups in total. The van der Waals surface area contributed by atoms with Gasteiger partial charge in [-0.15, -0.1) is 0 Å². The Balaban J connectivity index is 2.23. The van der Waals surface area contributed by atoms with Crippen LogP contribution in [0.1, 0.15) is 16.8 Å². The maximum absolute atomic E-state index is 12.5. The number of aromatic nitrogens is 1. The lowest BCUT2D eigenvalue weighted by atomic mass is 10.1. The molecule has 7 nitrogen and oxygen atoms in total. The summed E-state index contributed by atoms with van der Waals surface area (Å²) < 4.78 is 28.2. The summed E-state index contributed by atoms with van der Waals surface area (Å²) in [6.07, 6.45) is 1.82. The lowest BCUT2D eigenvalue weighted by Crippen LogP contribution is -2.43. The summed E-state index contributed by atoms with van der Waals surface area (Å²) in [6, 6.07) is 2.36. The van der Waals surface area contributed by atoms with Gasteiger partial charge in [-0.05, 0) is 12.5 Å². The molecule has 116 valence electrons. The fourth-order valence-corrected chi connectivity index (χ4v) is 4.13. The Labute approximate surface area is 122 Å². The number of H-pyrrole nitrogens is 1. The van der Waals surface area contributed by atoms with E-state index in [1.54, 1.807) is 0 Å². The first kappa shape index (κ1) is 15.7. The molecule has 1 aliphatic rings. The van der Waals surface area contributed by atoms with Crippen LogP contribution in [0.3, 0.4) is 0 Å². The summed E-state index contributed by atoms with van der Waals surface area (Å²) in [5.74, 6) is -0.296. The Kier molecular flexibility index (Phi) is 4.79. The minimum absolute atomic E-state index is 0.0361. The Bertz CT molecular complexity index is 667. The van der Waals surface area contributed by atoms with Gasteiger partial charge < -0.3 is 14.6 Å². The van der Waals surface area contributed by atoms with Gasteiger partial charge in [-0.1, -0.05) is 0 Å². The molecular weight excluding hydrogens is 296 g/mol. The lowest BCUT2D eigenvalue weighted by Gasteiger charge is -2.28. The van der Waals surface area contributed by atoms with Crippen LogP contribution in [0.2, 0.25) is 0 Å². The number of nitrogens with zero attached hydrogens (tertiary/aromatic N) is 1. The molecule has 1 aromatic heterocycles. The maximum atomic E-state index is 12.5. The zero-order chi connectivity index (χ0) is 15.5. The van der Waals surface area contributed by atoms with Crippen LogP contribution < -0.4 is 5.56 Å². The zero-order valence-electron chi connectivity index (χ0n) is 11.7. The van der Waals surface area contributed by atoms with Crippen LogP contribution >= 0.6 is 0 Å². The minimum Gasteiger partial charge on any atom is -0.383 e. The van der Waals surface area contributed by atoms with E-state index in [-0.39, 0.29) is 34.6 Å². The summed E-state index contributed by atoms with van der Waals surface area (Å²) >= 11 is 0. The molecule has 1 aliphatic heterocycles. The van der Waals surface area contributed by atoms with Crippen molar-refractivity contribution >= 4 is 15.7 Å². The molecule has 0 aliphatic carbocycles. The van der Waals surface area contributed by atoms with Crippen LogP contribution in [0.4, 0.5) is 0 Å². The predicted octanol–water partition coefficient (Wildman–Crippen LogP) is -0.349. The van der Waals surface area contributed by atoms with Crippen LogP contribution in [-0.4, -0.2) is 62.0 Å². The Morgan fingerprint density at radius 1 is 1.52 bits per heavy atom. The van der Waals surface area contributed by atoms with Gasteiger partial charge in [0, 0.05) is 37.5 Å². The van der Waals surface area contributed by atoms with Crippen molar-refractivity contribution in [2.24, 2.45) is 0 Å². The van der Waals surface area contributed by atoms with E-state index in [4.69, 9.17) is 4.74 Å². The number of sulfone groups is 1. The molecule has 1 atom stereocenters. The quantitative estimate of drug-likeness (QED) is 0.801. The SMILES string of the molecule is COCCN(C(=O)c1cc[nH]c(=O)c1)C1CCS(=O)(=O)C1. The zero-order valence-corrected chi connectivity index (χ0v) is 12.6. The Hall–Kier alpha value is -1.67. The van der Waals surface area contributed by atoms with Crippen LogP contribution in [-0.2, 0) is 14.6 Å². The van der Waals surface area contributed by atoms with Gasteiger partial charge in [-0.25, -0.2) is 8.42 Å². The fourth-order valence-electron chi connectivity index (χ4n) is 2.40. The third-order valence-electron chi connectivity index (χ3n) is 3.47. The summed E-state index contributed by atoms with van der Waals surface area (Å²) in [4.78, 5) is 27.8. The van der Waals surface area contributed by atoms with E-state index >= 15 is 0 Å². The van der Waals surface area contributed by atoms with Gasteiger partial charge in [-0.3, -0.25) is 9.59 Å². The second-order valence-electron chi connectivity index (χ2n) is 4.99. The molecule has 0 radical (unpaired) electrons. The number of aromatic amines is 1. The van der Waals surface area contributed by atoms with Gasteiger partial charge in [0.05, 0.1) is 18.1 Å². The Morgan fingerprint density at radius 3 is 2.86 bits per heavy atom. The van der Waals surface area contributed by atoms with Gasteiger partial charge in [-0.2, -0.15) is 0 Å². The summed E-state index contributed by atoms with van der Waals surface area (Å²) in [6.45, 7) is 0.605. The van der Waals surface area contributed by atoms with Crippen LogP contribution in [0.15, 0.2) is 23.1 Å². The van der Waals surface area contributed by atoms with Crippen molar-refractivity contribution in [3.05, 3.63) is 34.2 Å². The van der Waals surface area contributed by atoms with E-state index in [1.165, 1.54) is 30.3 Å². The minimum atomic E-state index is -3.09. The second kappa shape index (κ2) is 6.40. The van der Waals surface area contributed by atoms with Crippen molar-refractivity contribution in [1.29, 1.82) is 0 Å². The van der Waals surface area contributed by atoms with Crippen molar-refractivity contribution < 1.29 is 17.9 Å². The summed E-state index contributed by atoms with van der Waals surface area (Å²) in [7, 11) is -1.58. The lowest BCUT2D eigenvalue weighted by molar-refractivity contribution is 0.0624. The smallest absolute Gasteiger partial charge is 0.254 e. The number of amides is 1. The van der Waals surface area contributed by atoms with Gasteiger partial charge in [0.2, 0.25) is 5.56 Å². The van der Waals surface area contributed by atoms with Crippen molar-refractivity contribution in [2.75, 3.05) is 31.8 Å². The van der Waals surface area contributed by atoms with E-state index in [1.807, 2.05) is 0 Å². The topological polar surface area (TPSA) is 96.5 Å². The van der Waals surface area contributed by atoms with Crippen LogP contribution in [0.5, 0.6) is 0 Å². The van der Waals surface area contributed by atoms with Crippen molar-refractivity contribution in [1.82, 2.24) is 9.88 Å². The van der Waals surface area contributed by atoms with Crippen molar-refractivity contribution in [2.45, 2.75) is 12.5 Å². The molecule has 21 heavy (non-hydrogen) atoms. The highest BCUT2D eigenvalue weighted by Crippen LogP contribution is 2.19. The number of nitrogens with one attached hydrogen (secondary N) is 1. The first-order valence-electron chi connectivity index (χ1n) is 6.62. The van der Waals surface area contributed by atoms with E-state index < -0.39 is 9.84 Å². The third kappa shape index (κ3) is 3.92. The molecule has 2 heterocycles. The molecule has 2 rings (SSSR count). The highest BCUT2D eigenvalue weighted by atomic mass is 32.2.